The number of nitrogens with one attached hydrogen (secondary N) is 3. The fourth-order valence-corrected chi connectivity index (χ4v) is 2.74. The molecule has 1 aliphatic rings. The van der Waals surface area contributed by atoms with Crippen LogP contribution in [0, 0.1) is 5.82 Å². The van der Waals surface area contributed by atoms with Crippen molar-refractivity contribution < 1.29 is 17.6 Å². The zero-order valence-corrected chi connectivity index (χ0v) is 12.5. The summed E-state index contributed by atoms with van der Waals surface area (Å²) < 4.78 is 37.9. The summed E-state index contributed by atoms with van der Waals surface area (Å²) in [5, 5.41) is 5.77. The van der Waals surface area contributed by atoms with E-state index in [1.165, 1.54) is 12.1 Å². The predicted octanol–water partition coefficient (Wildman–Crippen LogP) is 1.28. The van der Waals surface area contributed by atoms with Crippen LogP contribution in [0.15, 0.2) is 18.2 Å². The van der Waals surface area contributed by atoms with Crippen molar-refractivity contribution in [1.29, 1.82) is 0 Å². The molecule has 1 aliphatic heterocycles. The van der Waals surface area contributed by atoms with E-state index in [0.29, 0.717) is 5.69 Å². The van der Waals surface area contributed by atoms with Gasteiger partial charge in [-0.05, 0) is 37.6 Å². The minimum atomic E-state index is -3.58. The Balaban J connectivity index is 2.09. The minimum Gasteiger partial charge on any atom is -0.325 e. The number of hydrogen-bond acceptors (Lipinski definition) is 4. The zero-order chi connectivity index (χ0) is 15.5. The number of anilines is 2. The second kappa shape index (κ2) is 6.40. The molecule has 1 amide bonds. The number of sulfonamides is 1. The summed E-state index contributed by atoms with van der Waals surface area (Å²) in [4.78, 5) is 12.0. The van der Waals surface area contributed by atoms with Crippen LogP contribution in [-0.4, -0.2) is 33.2 Å². The van der Waals surface area contributed by atoms with Crippen LogP contribution >= 0.6 is 0 Å². The number of piperidine rings is 1. The predicted molar refractivity (Wildman–Crippen MR) is 79.1 cm³/mol. The van der Waals surface area contributed by atoms with Crippen LogP contribution in [0.5, 0.6) is 0 Å². The molecule has 1 unspecified atom stereocenters. The van der Waals surface area contributed by atoms with Crippen LogP contribution < -0.4 is 15.4 Å². The molecule has 6 nitrogen and oxygen atoms in total. The van der Waals surface area contributed by atoms with Gasteiger partial charge in [0, 0.05) is 5.69 Å². The lowest BCUT2D eigenvalue weighted by molar-refractivity contribution is -0.118. The van der Waals surface area contributed by atoms with Gasteiger partial charge in [0.1, 0.15) is 5.82 Å². The van der Waals surface area contributed by atoms with Crippen molar-refractivity contribution in [3.8, 4) is 0 Å². The standard InChI is InChI=1S/C13H18FN3O3S/c1-21(19,20)17-12-8-9(5-6-10(12)14)16-13(18)11-4-2-3-7-15-11/h5-6,8,11,15,17H,2-4,7H2,1H3,(H,16,18). The van der Waals surface area contributed by atoms with Crippen LogP contribution in [-0.2, 0) is 14.8 Å². The fraction of sp³-hybridized carbons (Fsp3) is 0.462. The second-order valence-corrected chi connectivity index (χ2v) is 6.81. The molecule has 3 N–H and O–H groups in total. The molecular weight excluding hydrogens is 297 g/mol. The lowest BCUT2D eigenvalue weighted by Crippen LogP contribution is -2.43. The third-order valence-electron chi connectivity index (χ3n) is 3.16. The molecule has 1 fully saturated rings. The van der Waals surface area contributed by atoms with Gasteiger partial charge in [-0.1, -0.05) is 6.42 Å². The highest BCUT2D eigenvalue weighted by molar-refractivity contribution is 7.92. The molecule has 1 aromatic rings. The topological polar surface area (TPSA) is 87.3 Å². The molecule has 8 heteroatoms. The molecule has 1 saturated heterocycles. The Morgan fingerprint density at radius 1 is 1.38 bits per heavy atom. The molecule has 1 aromatic carbocycles. The summed E-state index contributed by atoms with van der Waals surface area (Å²) in [5.41, 5.74) is 0.159. The smallest absolute Gasteiger partial charge is 0.241 e. The Morgan fingerprint density at radius 3 is 2.76 bits per heavy atom. The highest BCUT2D eigenvalue weighted by Gasteiger charge is 2.20. The van der Waals surface area contributed by atoms with E-state index in [1.807, 2.05) is 0 Å². The summed E-state index contributed by atoms with van der Waals surface area (Å²) in [6.45, 7) is 0.794. The molecule has 116 valence electrons. The van der Waals surface area contributed by atoms with Gasteiger partial charge in [-0.3, -0.25) is 9.52 Å². The molecule has 21 heavy (non-hydrogen) atoms. The largest absolute Gasteiger partial charge is 0.325 e. The number of carbonyl (C=O) groups is 1. The van der Waals surface area contributed by atoms with Crippen molar-refractivity contribution >= 4 is 27.3 Å². The average Bonchev–Trinajstić information content (AvgIpc) is 2.42. The van der Waals surface area contributed by atoms with Gasteiger partial charge >= 0.3 is 0 Å². The highest BCUT2D eigenvalue weighted by atomic mass is 32.2. The summed E-state index contributed by atoms with van der Waals surface area (Å²) in [7, 11) is -3.58. The van der Waals surface area contributed by atoms with E-state index in [0.717, 1.165) is 38.1 Å². The van der Waals surface area contributed by atoms with Crippen molar-refractivity contribution in [2.24, 2.45) is 0 Å². The van der Waals surface area contributed by atoms with Crippen LogP contribution in [0.1, 0.15) is 19.3 Å². The van der Waals surface area contributed by atoms with E-state index < -0.39 is 15.8 Å². The molecule has 1 atom stereocenters. The first-order chi connectivity index (χ1) is 9.85. The summed E-state index contributed by atoms with van der Waals surface area (Å²) >= 11 is 0. The number of halogens is 1. The van der Waals surface area contributed by atoms with Gasteiger partial charge in [0.25, 0.3) is 0 Å². The maximum atomic E-state index is 13.5. The monoisotopic (exact) mass is 315 g/mol. The van der Waals surface area contributed by atoms with E-state index in [1.54, 1.807) is 0 Å². The van der Waals surface area contributed by atoms with Gasteiger partial charge in [-0.15, -0.1) is 0 Å². The quantitative estimate of drug-likeness (QED) is 0.781. The second-order valence-electron chi connectivity index (χ2n) is 5.06. The van der Waals surface area contributed by atoms with Gasteiger partial charge in [0.2, 0.25) is 15.9 Å². The molecule has 0 spiro atoms. The molecular formula is C13H18FN3O3S. The molecule has 1 heterocycles. The van der Waals surface area contributed by atoms with Crippen LogP contribution in [0.2, 0.25) is 0 Å². The molecule has 0 bridgehead atoms. The third kappa shape index (κ3) is 4.68. The molecule has 0 aromatic heterocycles. The first-order valence-corrected chi connectivity index (χ1v) is 8.56. The van der Waals surface area contributed by atoms with Crippen LogP contribution in [0.4, 0.5) is 15.8 Å². The number of amides is 1. The average molecular weight is 315 g/mol. The molecule has 0 saturated carbocycles. The third-order valence-corrected chi connectivity index (χ3v) is 3.75. The SMILES string of the molecule is CS(=O)(=O)Nc1cc(NC(=O)C2CCCCN2)ccc1F. The number of carbonyl (C=O) groups excluding carboxylic acids is 1. The van der Waals surface area contributed by atoms with E-state index in [2.05, 4.69) is 15.4 Å². The van der Waals surface area contributed by atoms with Crippen LogP contribution in [0.25, 0.3) is 0 Å². The van der Waals surface area contributed by atoms with Gasteiger partial charge < -0.3 is 10.6 Å². The van der Waals surface area contributed by atoms with Crippen molar-refractivity contribution in [2.45, 2.75) is 25.3 Å². The number of benzene rings is 1. The molecule has 0 radical (unpaired) electrons. The normalized spacial score (nSPS) is 19.0. The van der Waals surface area contributed by atoms with Crippen molar-refractivity contribution in [3.63, 3.8) is 0 Å². The van der Waals surface area contributed by atoms with Crippen molar-refractivity contribution in [1.82, 2.24) is 5.32 Å². The maximum absolute atomic E-state index is 13.5. The summed E-state index contributed by atoms with van der Waals surface area (Å²) in [6.07, 6.45) is 3.71. The van der Waals surface area contributed by atoms with Gasteiger partial charge in [0.05, 0.1) is 18.0 Å². The number of hydrogen-bond donors (Lipinski definition) is 3. The van der Waals surface area contributed by atoms with E-state index in [9.17, 15) is 17.6 Å². The lowest BCUT2D eigenvalue weighted by Gasteiger charge is -2.22. The van der Waals surface area contributed by atoms with Gasteiger partial charge in [-0.2, -0.15) is 0 Å². The Morgan fingerprint density at radius 2 is 2.14 bits per heavy atom. The Hall–Kier alpha value is -1.67. The summed E-state index contributed by atoms with van der Waals surface area (Å²) in [5.74, 6) is -0.902. The van der Waals surface area contributed by atoms with Crippen molar-refractivity contribution in [2.75, 3.05) is 22.8 Å². The Labute approximate surface area is 123 Å². The van der Waals surface area contributed by atoms with Gasteiger partial charge in [0.15, 0.2) is 0 Å². The number of rotatable bonds is 4. The van der Waals surface area contributed by atoms with Crippen molar-refractivity contribution in [3.05, 3.63) is 24.0 Å². The van der Waals surface area contributed by atoms with E-state index >= 15 is 0 Å². The maximum Gasteiger partial charge on any atom is 0.241 e. The Bertz CT molecular complexity index is 628. The molecule has 0 aliphatic carbocycles. The highest BCUT2D eigenvalue weighted by Crippen LogP contribution is 2.21. The first-order valence-electron chi connectivity index (χ1n) is 6.67. The van der Waals surface area contributed by atoms with Gasteiger partial charge in [-0.25, -0.2) is 12.8 Å². The van der Waals surface area contributed by atoms with E-state index in [-0.39, 0.29) is 17.6 Å². The lowest BCUT2D eigenvalue weighted by atomic mass is 10.0. The minimum absolute atomic E-state index is 0.188. The summed E-state index contributed by atoms with van der Waals surface area (Å²) in [6, 6.07) is 3.49. The van der Waals surface area contributed by atoms with E-state index in [4.69, 9.17) is 0 Å². The zero-order valence-electron chi connectivity index (χ0n) is 11.6. The fourth-order valence-electron chi connectivity index (χ4n) is 2.19. The first kappa shape index (κ1) is 15.7. The Kier molecular flexibility index (Phi) is 4.79. The molecule has 2 rings (SSSR count). The van der Waals surface area contributed by atoms with Crippen LogP contribution in [0.3, 0.4) is 0 Å².